The first kappa shape index (κ1) is 10.6. The summed E-state index contributed by atoms with van der Waals surface area (Å²) in [6, 6.07) is 3.48. The Morgan fingerprint density at radius 1 is 1.38 bits per heavy atom. The van der Waals surface area contributed by atoms with Crippen LogP contribution in [0.5, 0.6) is 5.75 Å². The largest absolute Gasteiger partial charge is 0.495 e. The highest BCUT2D eigenvalue weighted by Crippen LogP contribution is 2.24. The van der Waals surface area contributed by atoms with Crippen molar-refractivity contribution in [3.05, 3.63) is 30.3 Å². The molecule has 0 aromatic carbocycles. The second-order valence-corrected chi connectivity index (χ2v) is 3.40. The smallest absolute Gasteiger partial charge is 0.165 e. The lowest BCUT2D eigenvalue weighted by Crippen LogP contribution is -1.86. The maximum absolute atomic E-state index is 9.31. The van der Waals surface area contributed by atoms with E-state index in [0.29, 0.717) is 17.2 Å². The van der Waals surface area contributed by atoms with Gasteiger partial charge in [-0.25, -0.2) is 0 Å². The molecule has 0 radical (unpaired) electrons. The monoisotopic (exact) mass is 220 g/mol. The zero-order chi connectivity index (χ0) is 11.5. The van der Waals surface area contributed by atoms with Crippen LogP contribution in [0.1, 0.15) is 18.8 Å². The van der Waals surface area contributed by atoms with E-state index < -0.39 is 6.10 Å². The molecule has 1 atom stereocenters. The summed E-state index contributed by atoms with van der Waals surface area (Å²) in [7, 11) is 1.57. The second kappa shape index (κ2) is 4.32. The average molecular weight is 220 g/mol. The Bertz CT molecular complexity index is 480. The lowest BCUT2D eigenvalue weighted by Gasteiger charge is -1.99. The maximum Gasteiger partial charge on any atom is 0.165 e. The quantitative estimate of drug-likeness (QED) is 0.854. The van der Waals surface area contributed by atoms with E-state index in [1.54, 1.807) is 38.6 Å². The molecule has 2 rings (SSSR count). The Morgan fingerprint density at radius 2 is 2.19 bits per heavy atom. The van der Waals surface area contributed by atoms with Crippen LogP contribution in [0.15, 0.2) is 29.0 Å². The van der Waals surface area contributed by atoms with Gasteiger partial charge in [-0.15, -0.1) is 0 Å². The molecular weight excluding hydrogens is 208 g/mol. The Morgan fingerprint density at radius 3 is 2.81 bits per heavy atom. The topological polar surface area (TPSA) is 68.4 Å². The summed E-state index contributed by atoms with van der Waals surface area (Å²) < 4.78 is 10.0. The summed E-state index contributed by atoms with van der Waals surface area (Å²) in [6.45, 7) is 1.62. The molecule has 0 aliphatic carbocycles. The minimum absolute atomic E-state index is 0.429. The SMILES string of the molecule is COc1cncc(-c2cc(C(C)O)on2)c1. The van der Waals surface area contributed by atoms with Gasteiger partial charge >= 0.3 is 0 Å². The minimum Gasteiger partial charge on any atom is -0.495 e. The molecule has 0 spiro atoms. The fourth-order valence-electron chi connectivity index (χ4n) is 1.29. The lowest BCUT2D eigenvalue weighted by molar-refractivity contribution is 0.158. The number of aliphatic hydroxyl groups is 1. The van der Waals surface area contributed by atoms with E-state index in [-0.39, 0.29) is 0 Å². The molecule has 2 aromatic heterocycles. The van der Waals surface area contributed by atoms with Crippen molar-refractivity contribution in [3.63, 3.8) is 0 Å². The highest BCUT2D eigenvalue weighted by atomic mass is 16.5. The van der Waals surface area contributed by atoms with Crippen LogP contribution in [-0.2, 0) is 0 Å². The van der Waals surface area contributed by atoms with Crippen molar-refractivity contribution in [2.24, 2.45) is 0 Å². The van der Waals surface area contributed by atoms with Crippen LogP contribution in [0, 0.1) is 0 Å². The highest BCUT2D eigenvalue weighted by Gasteiger charge is 2.11. The fraction of sp³-hybridized carbons (Fsp3) is 0.273. The molecule has 0 aliphatic heterocycles. The van der Waals surface area contributed by atoms with Crippen molar-refractivity contribution >= 4 is 0 Å². The molecule has 0 fully saturated rings. The molecule has 5 heteroatoms. The third-order valence-electron chi connectivity index (χ3n) is 2.18. The van der Waals surface area contributed by atoms with E-state index in [1.165, 1.54) is 0 Å². The summed E-state index contributed by atoms with van der Waals surface area (Å²) in [6.07, 6.45) is 2.60. The van der Waals surface area contributed by atoms with Gasteiger partial charge in [-0.2, -0.15) is 0 Å². The van der Waals surface area contributed by atoms with Crippen LogP contribution in [0.25, 0.3) is 11.3 Å². The first-order valence-electron chi connectivity index (χ1n) is 4.85. The predicted molar refractivity (Wildman–Crippen MR) is 56.9 cm³/mol. The van der Waals surface area contributed by atoms with Crippen molar-refractivity contribution in [3.8, 4) is 17.0 Å². The normalized spacial score (nSPS) is 12.4. The maximum atomic E-state index is 9.31. The summed E-state index contributed by atoms with van der Waals surface area (Å²) in [4.78, 5) is 4.02. The van der Waals surface area contributed by atoms with E-state index in [1.807, 2.05) is 0 Å². The number of hydrogen-bond acceptors (Lipinski definition) is 5. The summed E-state index contributed by atoms with van der Waals surface area (Å²) in [5, 5.41) is 13.2. The molecule has 2 heterocycles. The van der Waals surface area contributed by atoms with Gasteiger partial charge in [0.1, 0.15) is 17.5 Å². The van der Waals surface area contributed by atoms with E-state index in [9.17, 15) is 5.11 Å². The van der Waals surface area contributed by atoms with E-state index in [4.69, 9.17) is 9.26 Å². The van der Waals surface area contributed by atoms with Gasteiger partial charge in [-0.1, -0.05) is 5.16 Å². The van der Waals surface area contributed by atoms with Gasteiger partial charge < -0.3 is 14.4 Å². The molecular formula is C11H12N2O3. The average Bonchev–Trinajstić information content (AvgIpc) is 2.78. The number of aromatic nitrogens is 2. The van der Waals surface area contributed by atoms with Gasteiger partial charge in [-0.05, 0) is 13.0 Å². The van der Waals surface area contributed by atoms with Gasteiger partial charge in [0.2, 0.25) is 0 Å². The molecule has 0 bridgehead atoms. The molecule has 2 aromatic rings. The lowest BCUT2D eigenvalue weighted by atomic mass is 10.2. The molecule has 0 aliphatic rings. The van der Waals surface area contributed by atoms with Gasteiger partial charge in [0.25, 0.3) is 0 Å². The number of pyridine rings is 1. The summed E-state index contributed by atoms with van der Waals surface area (Å²) >= 11 is 0. The molecule has 16 heavy (non-hydrogen) atoms. The number of methoxy groups -OCH3 is 1. The van der Waals surface area contributed by atoms with E-state index >= 15 is 0 Å². The van der Waals surface area contributed by atoms with Gasteiger partial charge in [0, 0.05) is 17.8 Å². The van der Waals surface area contributed by atoms with E-state index in [0.717, 1.165) is 5.56 Å². The van der Waals surface area contributed by atoms with Crippen LogP contribution in [-0.4, -0.2) is 22.4 Å². The van der Waals surface area contributed by atoms with Crippen molar-refractivity contribution in [2.45, 2.75) is 13.0 Å². The predicted octanol–water partition coefficient (Wildman–Crippen LogP) is 1.80. The van der Waals surface area contributed by atoms with Crippen molar-refractivity contribution in [1.29, 1.82) is 0 Å². The third-order valence-corrected chi connectivity index (χ3v) is 2.18. The molecule has 1 N–H and O–H groups in total. The Hall–Kier alpha value is -1.88. The number of ether oxygens (including phenoxy) is 1. The Labute approximate surface area is 92.7 Å². The molecule has 1 unspecified atom stereocenters. The zero-order valence-electron chi connectivity index (χ0n) is 9.04. The molecule has 84 valence electrons. The fourth-order valence-corrected chi connectivity index (χ4v) is 1.29. The second-order valence-electron chi connectivity index (χ2n) is 3.40. The first-order valence-corrected chi connectivity index (χ1v) is 4.85. The van der Waals surface area contributed by atoms with Gasteiger partial charge in [0.15, 0.2) is 5.76 Å². The highest BCUT2D eigenvalue weighted by molar-refractivity contribution is 5.59. The first-order chi connectivity index (χ1) is 7.70. The van der Waals surface area contributed by atoms with Crippen LogP contribution in [0.4, 0.5) is 0 Å². The third kappa shape index (κ3) is 2.04. The minimum atomic E-state index is -0.667. The molecule has 0 saturated carbocycles. The number of rotatable bonds is 3. The number of hydrogen-bond donors (Lipinski definition) is 1. The number of nitrogens with zero attached hydrogens (tertiary/aromatic N) is 2. The summed E-state index contributed by atoms with van der Waals surface area (Å²) in [5.74, 6) is 1.08. The molecule has 5 nitrogen and oxygen atoms in total. The Kier molecular flexibility index (Phi) is 2.87. The molecule has 0 saturated heterocycles. The van der Waals surface area contributed by atoms with Crippen LogP contribution < -0.4 is 4.74 Å². The van der Waals surface area contributed by atoms with Crippen molar-refractivity contribution in [2.75, 3.05) is 7.11 Å². The molecule has 0 amide bonds. The standard InChI is InChI=1S/C11H12N2O3/c1-7(14)11-4-10(13-16-11)8-3-9(15-2)6-12-5-8/h3-7,14H,1-2H3. The van der Waals surface area contributed by atoms with Crippen LogP contribution >= 0.6 is 0 Å². The van der Waals surface area contributed by atoms with Crippen LogP contribution in [0.3, 0.4) is 0 Å². The van der Waals surface area contributed by atoms with Crippen LogP contribution in [0.2, 0.25) is 0 Å². The zero-order valence-corrected chi connectivity index (χ0v) is 9.04. The Balaban J connectivity index is 2.34. The van der Waals surface area contributed by atoms with Crippen molar-refractivity contribution in [1.82, 2.24) is 10.1 Å². The number of aliphatic hydroxyl groups excluding tert-OH is 1. The van der Waals surface area contributed by atoms with Gasteiger partial charge in [0.05, 0.1) is 13.3 Å². The van der Waals surface area contributed by atoms with Gasteiger partial charge in [-0.3, -0.25) is 4.98 Å². The van der Waals surface area contributed by atoms with E-state index in [2.05, 4.69) is 10.1 Å². The van der Waals surface area contributed by atoms with Crippen molar-refractivity contribution < 1.29 is 14.4 Å². The summed E-state index contributed by atoms with van der Waals surface area (Å²) in [5.41, 5.74) is 1.41.